The van der Waals surface area contributed by atoms with E-state index in [0.717, 1.165) is 18.4 Å². The second-order valence-electron chi connectivity index (χ2n) is 8.07. The summed E-state index contributed by atoms with van der Waals surface area (Å²) in [5.41, 5.74) is 2.53. The van der Waals surface area contributed by atoms with Gasteiger partial charge in [0.25, 0.3) is 0 Å². The van der Waals surface area contributed by atoms with Gasteiger partial charge in [0.15, 0.2) is 0 Å². The van der Waals surface area contributed by atoms with Crippen LogP contribution < -0.4 is 0 Å². The van der Waals surface area contributed by atoms with Crippen molar-refractivity contribution in [3.63, 3.8) is 0 Å². The van der Waals surface area contributed by atoms with Gasteiger partial charge in [-0.05, 0) is 40.2 Å². The molecule has 0 saturated carbocycles. The van der Waals surface area contributed by atoms with Crippen LogP contribution in [0.15, 0.2) is 23.0 Å². The first kappa shape index (κ1) is 15.3. The zero-order valence-electron chi connectivity index (χ0n) is 13.4. The molecule has 1 nitrogen and oxygen atoms in total. The molecule has 0 fully saturated rings. The summed E-state index contributed by atoms with van der Waals surface area (Å²) in [4.78, 5) is 0. The molecule has 1 heteroatoms. The van der Waals surface area contributed by atoms with Crippen LogP contribution in [0.2, 0.25) is 0 Å². The molecule has 0 saturated heterocycles. The number of allylic oxidation sites excluding steroid dienone is 3. The van der Waals surface area contributed by atoms with Gasteiger partial charge in [-0.25, -0.2) is 0 Å². The third-order valence-electron chi connectivity index (χ3n) is 4.14. The molecule has 0 amide bonds. The van der Waals surface area contributed by atoms with Gasteiger partial charge < -0.3 is 5.11 Å². The van der Waals surface area contributed by atoms with Crippen LogP contribution >= 0.6 is 0 Å². The van der Waals surface area contributed by atoms with Gasteiger partial charge in [0.05, 0.1) is 0 Å². The maximum absolute atomic E-state index is 10.6. The minimum absolute atomic E-state index is 0.00255. The molecule has 0 aliphatic heterocycles. The van der Waals surface area contributed by atoms with Crippen molar-refractivity contribution >= 4 is 0 Å². The maximum atomic E-state index is 10.6. The first-order valence-corrected chi connectivity index (χ1v) is 7.07. The topological polar surface area (TPSA) is 20.2 Å². The van der Waals surface area contributed by atoms with Gasteiger partial charge in [0, 0.05) is 0 Å². The molecule has 1 unspecified atom stereocenters. The van der Waals surface area contributed by atoms with Gasteiger partial charge in [-0.3, -0.25) is 0 Å². The highest BCUT2D eigenvalue weighted by Gasteiger charge is 2.37. The SMILES string of the molecule is CCC1(C)C=C(C(C)(C)C)C(O)=C(C(C)(C)C)C1. The van der Waals surface area contributed by atoms with Crippen molar-refractivity contribution in [2.75, 3.05) is 0 Å². The Morgan fingerprint density at radius 2 is 1.61 bits per heavy atom. The lowest BCUT2D eigenvalue weighted by Crippen LogP contribution is -2.29. The summed E-state index contributed by atoms with van der Waals surface area (Å²) in [7, 11) is 0. The molecule has 0 aromatic rings. The normalized spacial score (nSPS) is 26.3. The quantitative estimate of drug-likeness (QED) is 0.638. The number of aliphatic hydroxyl groups excluding tert-OH is 1. The van der Waals surface area contributed by atoms with Crippen molar-refractivity contribution in [1.82, 2.24) is 0 Å². The Hall–Kier alpha value is -0.720. The van der Waals surface area contributed by atoms with E-state index in [0.29, 0.717) is 5.76 Å². The Labute approximate surface area is 113 Å². The highest BCUT2D eigenvalue weighted by molar-refractivity contribution is 5.41. The number of aliphatic hydroxyl groups is 1. The summed E-state index contributed by atoms with van der Waals surface area (Å²) in [6.45, 7) is 17.7. The summed E-state index contributed by atoms with van der Waals surface area (Å²) in [5, 5.41) is 10.6. The average molecular weight is 250 g/mol. The summed E-state index contributed by atoms with van der Waals surface area (Å²) in [6, 6.07) is 0. The van der Waals surface area contributed by atoms with E-state index in [2.05, 4.69) is 61.5 Å². The number of hydrogen-bond donors (Lipinski definition) is 1. The zero-order valence-corrected chi connectivity index (χ0v) is 13.4. The highest BCUT2D eigenvalue weighted by Crippen LogP contribution is 2.49. The smallest absolute Gasteiger partial charge is 0.118 e. The first-order chi connectivity index (χ1) is 7.91. The number of hydrogen-bond acceptors (Lipinski definition) is 1. The minimum Gasteiger partial charge on any atom is -0.508 e. The van der Waals surface area contributed by atoms with Crippen LogP contribution in [0, 0.1) is 16.2 Å². The Morgan fingerprint density at radius 1 is 1.11 bits per heavy atom. The molecule has 1 N–H and O–H groups in total. The fraction of sp³-hybridized carbons (Fsp3) is 0.765. The lowest BCUT2D eigenvalue weighted by atomic mass is 9.65. The molecule has 0 aromatic carbocycles. The molecule has 1 aliphatic rings. The van der Waals surface area contributed by atoms with Crippen LogP contribution in [-0.4, -0.2) is 5.11 Å². The molecule has 1 rings (SSSR count). The predicted molar refractivity (Wildman–Crippen MR) is 79.7 cm³/mol. The Balaban J connectivity index is 3.41. The van der Waals surface area contributed by atoms with Crippen molar-refractivity contribution in [2.24, 2.45) is 16.2 Å². The average Bonchev–Trinajstić information content (AvgIpc) is 2.18. The van der Waals surface area contributed by atoms with Crippen LogP contribution in [0.5, 0.6) is 0 Å². The van der Waals surface area contributed by atoms with Crippen molar-refractivity contribution < 1.29 is 5.11 Å². The van der Waals surface area contributed by atoms with Crippen LogP contribution in [0.3, 0.4) is 0 Å². The van der Waals surface area contributed by atoms with E-state index in [9.17, 15) is 5.11 Å². The molecule has 0 radical (unpaired) electrons. The van der Waals surface area contributed by atoms with Crippen LogP contribution in [0.1, 0.15) is 68.2 Å². The van der Waals surface area contributed by atoms with Gasteiger partial charge in [-0.1, -0.05) is 61.5 Å². The lowest BCUT2D eigenvalue weighted by molar-refractivity contribution is 0.285. The molecular weight excluding hydrogens is 220 g/mol. The van der Waals surface area contributed by atoms with Gasteiger partial charge >= 0.3 is 0 Å². The first-order valence-electron chi connectivity index (χ1n) is 7.07. The van der Waals surface area contributed by atoms with E-state index in [1.54, 1.807) is 0 Å². The fourth-order valence-electron chi connectivity index (χ4n) is 2.54. The third kappa shape index (κ3) is 2.99. The van der Waals surface area contributed by atoms with Crippen molar-refractivity contribution in [3.05, 3.63) is 23.0 Å². The fourth-order valence-corrected chi connectivity index (χ4v) is 2.54. The van der Waals surface area contributed by atoms with Crippen molar-refractivity contribution in [2.45, 2.75) is 68.2 Å². The molecule has 0 heterocycles. The van der Waals surface area contributed by atoms with Gasteiger partial charge in [-0.15, -0.1) is 0 Å². The standard InChI is InChI=1S/C17H30O/c1-9-17(8)10-12(15(2,3)4)14(18)13(11-17)16(5,6)7/h10,18H,9,11H2,1-8H3. The monoisotopic (exact) mass is 250 g/mol. The van der Waals surface area contributed by atoms with E-state index in [1.165, 1.54) is 5.57 Å². The van der Waals surface area contributed by atoms with Crippen LogP contribution in [-0.2, 0) is 0 Å². The molecule has 0 bridgehead atoms. The highest BCUT2D eigenvalue weighted by atomic mass is 16.3. The second kappa shape index (κ2) is 4.43. The lowest BCUT2D eigenvalue weighted by Gasteiger charge is -2.40. The molecule has 0 aromatic heterocycles. The summed E-state index contributed by atoms with van der Waals surface area (Å²) in [6.07, 6.45) is 4.38. The zero-order chi connectivity index (χ0) is 14.4. The third-order valence-corrected chi connectivity index (χ3v) is 4.14. The van der Waals surface area contributed by atoms with Crippen molar-refractivity contribution in [3.8, 4) is 0 Å². The second-order valence-corrected chi connectivity index (χ2v) is 8.07. The van der Waals surface area contributed by atoms with Gasteiger partial charge in [-0.2, -0.15) is 0 Å². The van der Waals surface area contributed by atoms with Gasteiger partial charge in [0.1, 0.15) is 5.76 Å². The molecule has 1 aliphatic carbocycles. The molecule has 104 valence electrons. The summed E-state index contributed by atoms with van der Waals surface area (Å²) >= 11 is 0. The number of rotatable bonds is 1. The van der Waals surface area contributed by atoms with E-state index < -0.39 is 0 Å². The Kier molecular flexibility index (Phi) is 3.78. The maximum Gasteiger partial charge on any atom is 0.118 e. The Bertz CT molecular complexity index is 385. The molecular formula is C17H30O. The van der Waals surface area contributed by atoms with Crippen LogP contribution in [0.25, 0.3) is 0 Å². The summed E-state index contributed by atoms with van der Waals surface area (Å²) < 4.78 is 0. The minimum atomic E-state index is -0.00255. The van der Waals surface area contributed by atoms with Gasteiger partial charge in [0.2, 0.25) is 0 Å². The molecule has 0 spiro atoms. The largest absolute Gasteiger partial charge is 0.508 e. The van der Waals surface area contributed by atoms with E-state index >= 15 is 0 Å². The van der Waals surface area contributed by atoms with Crippen molar-refractivity contribution in [1.29, 1.82) is 0 Å². The molecule has 18 heavy (non-hydrogen) atoms. The van der Waals surface area contributed by atoms with E-state index in [1.807, 2.05) is 0 Å². The van der Waals surface area contributed by atoms with Crippen LogP contribution in [0.4, 0.5) is 0 Å². The Morgan fingerprint density at radius 3 is 1.94 bits per heavy atom. The summed E-state index contributed by atoms with van der Waals surface area (Å²) in [5.74, 6) is 0.543. The molecule has 1 atom stereocenters. The predicted octanol–water partition coefficient (Wildman–Crippen LogP) is 5.64. The van der Waals surface area contributed by atoms with E-state index in [-0.39, 0.29) is 16.2 Å². The van der Waals surface area contributed by atoms with E-state index in [4.69, 9.17) is 0 Å².